The number of aryl methyl sites for hydroxylation is 1. The molecule has 0 bridgehead atoms. The van der Waals surface area contributed by atoms with Crippen LogP contribution in [0.2, 0.25) is 0 Å². The summed E-state index contributed by atoms with van der Waals surface area (Å²) in [6.07, 6.45) is 3.63. The number of nitrogens with zero attached hydrogens (tertiary/aromatic N) is 3. The Bertz CT molecular complexity index is 1230. The lowest BCUT2D eigenvalue weighted by atomic mass is 9.94. The third kappa shape index (κ3) is 3.92. The van der Waals surface area contributed by atoms with Gasteiger partial charge < -0.3 is 0 Å². The molecule has 9 heteroatoms. The molecule has 0 atom stereocenters. The number of aromatic amines is 1. The van der Waals surface area contributed by atoms with Crippen LogP contribution in [0.25, 0.3) is 0 Å². The zero-order valence-electron chi connectivity index (χ0n) is 15.4. The lowest BCUT2D eigenvalue weighted by Gasteiger charge is -2.16. The van der Waals surface area contributed by atoms with Crippen molar-refractivity contribution in [1.82, 2.24) is 15.2 Å². The molecular weight excluding hydrogens is 408 g/mol. The normalized spacial score (nSPS) is 15.3. The number of H-pyrrole nitrogens is 1. The molecule has 1 aliphatic rings. The Hall–Kier alpha value is -3.04. The minimum Gasteiger partial charge on any atom is -0.288 e. The summed E-state index contributed by atoms with van der Waals surface area (Å²) >= 11 is 1.08. The molecule has 0 saturated carbocycles. The molecule has 0 spiro atoms. The van der Waals surface area contributed by atoms with Crippen LogP contribution < -0.4 is 0 Å². The molecule has 0 unspecified atom stereocenters. The van der Waals surface area contributed by atoms with Crippen molar-refractivity contribution in [3.8, 4) is 0 Å². The van der Waals surface area contributed by atoms with Gasteiger partial charge in [0, 0.05) is 11.1 Å². The van der Waals surface area contributed by atoms with E-state index in [1.807, 2.05) is 6.92 Å². The van der Waals surface area contributed by atoms with E-state index in [-0.39, 0.29) is 16.4 Å². The molecule has 7 nitrogen and oxygen atoms in total. The number of rotatable bonds is 5. The molecule has 1 N–H and O–H groups in total. The van der Waals surface area contributed by atoms with Gasteiger partial charge in [0.2, 0.25) is 5.78 Å². The van der Waals surface area contributed by atoms with E-state index in [4.69, 9.17) is 0 Å². The molecule has 1 aliphatic carbocycles. The van der Waals surface area contributed by atoms with Gasteiger partial charge >= 0.3 is 0 Å². The molecule has 3 aromatic rings. The monoisotopic (exact) mass is 424 g/mol. The molecule has 1 heterocycles. The van der Waals surface area contributed by atoms with E-state index in [0.29, 0.717) is 21.2 Å². The fraction of sp³-hybridized carbons (Fsp3) is 0.100. The molecule has 4 rings (SSSR count). The predicted molar refractivity (Wildman–Crippen MR) is 111 cm³/mol. The standard InChI is InChI=1S/C20H16N4O3S2/c1-2-13-7-9-14(10-8-13)29(26,27)24-17-11-18(28-20-21-12-22-23-20)19(25)16-6-4-3-5-15(16)17/h3-12H,2H2,1H3,(H,21,22,23)/b24-17+. The highest BCUT2D eigenvalue weighted by molar-refractivity contribution is 8.04. The zero-order chi connectivity index (χ0) is 20.4. The van der Waals surface area contributed by atoms with Gasteiger partial charge in [-0.25, -0.2) is 4.98 Å². The molecule has 0 aliphatic heterocycles. The Morgan fingerprint density at radius 1 is 1.07 bits per heavy atom. The molecule has 0 radical (unpaired) electrons. The molecule has 29 heavy (non-hydrogen) atoms. The van der Waals surface area contributed by atoms with Gasteiger partial charge in [-0.05, 0) is 42.0 Å². The maximum absolute atomic E-state index is 12.9. The van der Waals surface area contributed by atoms with E-state index in [2.05, 4.69) is 19.6 Å². The number of benzene rings is 2. The maximum Gasteiger partial charge on any atom is 0.282 e. The number of aromatic nitrogens is 3. The predicted octanol–water partition coefficient (Wildman–Crippen LogP) is 3.42. The van der Waals surface area contributed by atoms with Crippen molar-refractivity contribution >= 4 is 33.3 Å². The van der Waals surface area contributed by atoms with Crippen molar-refractivity contribution in [3.05, 3.63) is 82.5 Å². The van der Waals surface area contributed by atoms with Crippen molar-refractivity contribution in [2.24, 2.45) is 4.40 Å². The van der Waals surface area contributed by atoms with Crippen molar-refractivity contribution in [2.45, 2.75) is 23.4 Å². The average Bonchev–Trinajstić information content (AvgIpc) is 3.24. The van der Waals surface area contributed by atoms with E-state index in [1.54, 1.807) is 48.5 Å². The fourth-order valence-electron chi connectivity index (χ4n) is 2.88. The Morgan fingerprint density at radius 3 is 2.45 bits per heavy atom. The summed E-state index contributed by atoms with van der Waals surface area (Å²) in [5, 5.41) is 6.88. The third-order valence-electron chi connectivity index (χ3n) is 4.39. The molecule has 0 fully saturated rings. The van der Waals surface area contributed by atoms with Crippen LogP contribution in [0, 0.1) is 0 Å². The second kappa shape index (κ2) is 7.76. The number of Topliss-reactive ketones (excluding diaryl/α,β-unsaturated/α-hetero) is 1. The van der Waals surface area contributed by atoms with Gasteiger partial charge in [-0.2, -0.15) is 17.9 Å². The Morgan fingerprint density at radius 2 is 1.79 bits per heavy atom. The lowest BCUT2D eigenvalue weighted by Crippen LogP contribution is -2.17. The molecule has 1 aromatic heterocycles. The van der Waals surface area contributed by atoms with Crippen LogP contribution in [0.15, 0.2) is 80.3 Å². The first-order chi connectivity index (χ1) is 14.0. The first-order valence-corrected chi connectivity index (χ1v) is 11.1. The van der Waals surface area contributed by atoms with Crippen LogP contribution in [-0.4, -0.2) is 35.1 Å². The number of carbonyl (C=O) groups is 1. The summed E-state index contributed by atoms with van der Waals surface area (Å²) < 4.78 is 29.8. The first kappa shape index (κ1) is 19.3. The topological polar surface area (TPSA) is 105 Å². The molecule has 2 aromatic carbocycles. The number of allylic oxidation sites excluding steroid dienone is 2. The second-order valence-corrected chi connectivity index (χ2v) is 8.86. The second-order valence-electron chi connectivity index (χ2n) is 6.23. The first-order valence-electron chi connectivity index (χ1n) is 8.81. The molecule has 146 valence electrons. The van der Waals surface area contributed by atoms with Crippen molar-refractivity contribution in [3.63, 3.8) is 0 Å². The average molecular weight is 425 g/mol. The Balaban J connectivity index is 1.80. The van der Waals surface area contributed by atoms with Crippen molar-refractivity contribution in [2.75, 3.05) is 0 Å². The van der Waals surface area contributed by atoms with E-state index in [9.17, 15) is 13.2 Å². The molecule has 0 saturated heterocycles. The van der Waals surface area contributed by atoms with Crippen molar-refractivity contribution in [1.29, 1.82) is 0 Å². The quantitative estimate of drug-likeness (QED) is 0.673. The summed E-state index contributed by atoms with van der Waals surface area (Å²) in [6.45, 7) is 2.00. The van der Waals surface area contributed by atoms with Crippen LogP contribution in [0.1, 0.15) is 28.4 Å². The van der Waals surface area contributed by atoms with E-state index in [0.717, 1.165) is 23.7 Å². The smallest absolute Gasteiger partial charge is 0.282 e. The number of thioether (sulfide) groups is 1. The van der Waals surface area contributed by atoms with E-state index < -0.39 is 10.0 Å². The highest BCUT2D eigenvalue weighted by Crippen LogP contribution is 2.32. The van der Waals surface area contributed by atoms with Gasteiger partial charge in [-0.3, -0.25) is 9.89 Å². The van der Waals surface area contributed by atoms with Crippen LogP contribution in [0.4, 0.5) is 0 Å². The summed E-state index contributed by atoms with van der Waals surface area (Å²) in [7, 11) is -3.94. The third-order valence-corrected chi connectivity index (χ3v) is 6.60. The van der Waals surface area contributed by atoms with Crippen LogP contribution in [-0.2, 0) is 16.4 Å². The number of fused-ring (bicyclic) bond motifs is 1. The van der Waals surface area contributed by atoms with E-state index >= 15 is 0 Å². The number of sulfonamides is 1. The minimum absolute atomic E-state index is 0.106. The minimum atomic E-state index is -3.94. The van der Waals surface area contributed by atoms with Gasteiger partial charge in [0.1, 0.15) is 6.33 Å². The van der Waals surface area contributed by atoms with E-state index in [1.165, 1.54) is 12.4 Å². The number of hydrogen-bond donors (Lipinski definition) is 1. The highest BCUT2D eigenvalue weighted by Gasteiger charge is 2.27. The van der Waals surface area contributed by atoms with Gasteiger partial charge in [-0.1, -0.05) is 43.3 Å². The summed E-state index contributed by atoms with van der Waals surface area (Å²) in [6, 6.07) is 13.5. The summed E-state index contributed by atoms with van der Waals surface area (Å²) in [5.41, 5.74) is 2.12. The molecule has 0 amide bonds. The van der Waals surface area contributed by atoms with Crippen molar-refractivity contribution < 1.29 is 13.2 Å². The van der Waals surface area contributed by atoms with Gasteiger partial charge in [-0.15, -0.1) is 0 Å². The van der Waals surface area contributed by atoms with Gasteiger partial charge in [0.25, 0.3) is 10.0 Å². The summed E-state index contributed by atoms with van der Waals surface area (Å²) in [5.74, 6) is -0.217. The Labute approximate surface area is 172 Å². The Kier molecular flexibility index (Phi) is 5.16. The van der Waals surface area contributed by atoms with Crippen LogP contribution in [0.5, 0.6) is 0 Å². The lowest BCUT2D eigenvalue weighted by molar-refractivity contribution is 0.104. The summed E-state index contributed by atoms with van der Waals surface area (Å²) in [4.78, 5) is 17.3. The molecular formula is C20H16N4O3S2. The van der Waals surface area contributed by atoms with Gasteiger partial charge in [0.15, 0.2) is 5.16 Å². The SMILES string of the molecule is CCc1ccc(S(=O)(=O)/N=C2\C=C(Sc3ncn[nH]3)C(=O)c3ccccc32)cc1. The van der Waals surface area contributed by atoms with Gasteiger partial charge in [0.05, 0.1) is 15.5 Å². The largest absolute Gasteiger partial charge is 0.288 e. The number of ketones is 1. The fourth-order valence-corrected chi connectivity index (χ4v) is 4.66. The number of nitrogens with one attached hydrogen (secondary N) is 1. The van der Waals surface area contributed by atoms with Crippen LogP contribution >= 0.6 is 11.8 Å². The highest BCUT2D eigenvalue weighted by atomic mass is 32.2. The number of carbonyl (C=O) groups excluding carboxylic acids is 1. The number of hydrogen-bond acceptors (Lipinski definition) is 6. The maximum atomic E-state index is 12.9. The zero-order valence-corrected chi connectivity index (χ0v) is 17.0. The van der Waals surface area contributed by atoms with Crippen LogP contribution in [0.3, 0.4) is 0 Å².